The van der Waals surface area contributed by atoms with Crippen molar-refractivity contribution in [3.63, 3.8) is 0 Å². The van der Waals surface area contributed by atoms with Crippen molar-refractivity contribution in [2.24, 2.45) is 5.10 Å². The lowest BCUT2D eigenvalue weighted by Crippen LogP contribution is -2.31. The van der Waals surface area contributed by atoms with Crippen LogP contribution < -0.4 is 22.0 Å². The Labute approximate surface area is 105 Å². The van der Waals surface area contributed by atoms with Crippen LogP contribution in [0.2, 0.25) is 0 Å². The lowest BCUT2D eigenvalue weighted by Gasteiger charge is -2.05. The zero-order chi connectivity index (χ0) is 13.7. The molecule has 10 heteroatoms. The van der Waals surface area contributed by atoms with Crippen molar-refractivity contribution >= 4 is 34.7 Å². The first-order chi connectivity index (χ1) is 8.40. The van der Waals surface area contributed by atoms with Crippen molar-refractivity contribution in [3.8, 4) is 0 Å². The molecule has 0 aliphatic rings. The van der Waals surface area contributed by atoms with E-state index in [4.69, 9.17) is 17.3 Å². The Morgan fingerprint density at radius 1 is 1.50 bits per heavy atom. The van der Waals surface area contributed by atoms with E-state index in [0.29, 0.717) is 0 Å². The molecule has 9 nitrogen and oxygen atoms in total. The van der Waals surface area contributed by atoms with Crippen molar-refractivity contribution < 1.29 is 9.90 Å². The van der Waals surface area contributed by atoms with Crippen molar-refractivity contribution in [1.29, 1.82) is 0 Å². The highest BCUT2D eigenvalue weighted by atomic mass is 32.1. The van der Waals surface area contributed by atoms with Gasteiger partial charge in [0.25, 0.3) is 5.56 Å². The molecule has 0 amide bonds. The van der Waals surface area contributed by atoms with Crippen LogP contribution in [0.5, 0.6) is 0 Å². The van der Waals surface area contributed by atoms with E-state index in [0.717, 1.165) is 6.20 Å². The second-order valence-electron chi connectivity index (χ2n) is 3.05. The Kier molecular flexibility index (Phi) is 4.32. The van der Waals surface area contributed by atoms with Gasteiger partial charge in [-0.15, -0.1) is 0 Å². The van der Waals surface area contributed by atoms with Gasteiger partial charge in [0.2, 0.25) is 0 Å². The van der Waals surface area contributed by atoms with Crippen LogP contribution in [0.1, 0.15) is 6.92 Å². The first-order valence-corrected chi connectivity index (χ1v) is 4.97. The quantitative estimate of drug-likeness (QED) is 0.264. The number of nitrogens with zero attached hydrogens (tertiary/aromatic N) is 1. The fourth-order valence-electron chi connectivity index (χ4n) is 0.835. The standard InChI is InChI=1S/C8H9N5O4S/c1-3(6(15)16)12-13-8(18)10-4-2-9-7(17)11-5(4)14/h2H,1H3,(H,15,16)(H2,10,13,18)(H2,9,11,14,17). The molecule has 0 fully saturated rings. The lowest BCUT2D eigenvalue weighted by molar-refractivity contribution is -0.129. The van der Waals surface area contributed by atoms with Gasteiger partial charge in [-0.05, 0) is 19.1 Å². The Bertz CT molecular complexity index is 616. The number of hydrogen-bond donors (Lipinski definition) is 5. The van der Waals surface area contributed by atoms with E-state index in [-0.39, 0.29) is 16.5 Å². The third-order valence-corrected chi connectivity index (χ3v) is 1.90. The predicted octanol–water partition coefficient (Wildman–Crippen LogP) is -1.19. The highest BCUT2D eigenvalue weighted by molar-refractivity contribution is 7.80. The number of aromatic nitrogens is 2. The molecule has 0 spiro atoms. The predicted molar refractivity (Wildman–Crippen MR) is 67.8 cm³/mol. The van der Waals surface area contributed by atoms with E-state index >= 15 is 0 Å². The summed E-state index contributed by atoms with van der Waals surface area (Å²) in [6.07, 6.45) is 1.13. The highest BCUT2D eigenvalue weighted by Gasteiger charge is 2.04. The van der Waals surface area contributed by atoms with Gasteiger partial charge in [-0.1, -0.05) is 0 Å². The van der Waals surface area contributed by atoms with Gasteiger partial charge in [0.1, 0.15) is 11.4 Å². The minimum absolute atomic E-state index is 0.00437. The number of aliphatic carboxylic acids is 1. The number of anilines is 1. The Hall–Kier alpha value is -2.49. The van der Waals surface area contributed by atoms with E-state index in [1.54, 1.807) is 0 Å². The highest BCUT2D eigenvalue weighted by Crippen LogP contribution is 1.91. The fourth-order valence-corrected chi connectivity index (χ4v) is 0.991. The molecule has 0 bridgehead atoms. The van der Waals surface area contributed by atoms with Crippen LogP contribution in [-0.4, -0.2) is 31.9 Å². The number of hydrazone groups is 1. The lowest BCUT2D eigenvalue weighted by atomic mass is 10.4. The molecule has 1 heterocycles. The summed E-state index contributed by atoms with van der Waals surface area (Å²) < 4.78 is 0. The molecule has 96 valence electrons. The molecule has 0 saturated carbocycles. The Morgan fingerprint density at radius 3 is 2.72 bits per heavy atom. The monoisotopic (exact) mass is 271 g/mol. The van der Waals surface area contributed by atoms with Gasteiger partial charge < -0.3 is 15.4 Å². The van der Waals surface area contributed by atoms with Crippen LogP contribution in [0.15, 0.2) is 20.9 Å². The molecule has 0 aliphatic heterocycles. The van der Waals surface area contributed by atoms with Crippen molar-refractivity contribution in [2.45, 2.75) is 6.92 Å². The summed E-state index contributed by atoms with van der Waals surface area (Å²) in [4.78, 5) is 36.7. The van der Waals surface area contributed by atoms with Crippen molar-refractivity contribution in [1.82, 2.24) is 15.4 Å². The van der Waals surface area contributed by atoms with E-state index in [1.165, 1.54) is 6.92 Å². The van der Waals surface area contributed by atoms with Gasteiger partial charge in [-0.3, -0.25) is 15.2 Å². The third-order valence-electron chi connectivity index (χ3n) is 1.70. The minimum atomic E-state index is -1.20. The summed E-state index contributed by atoms with van der Waals surface area (Å²) in [5, 5.41) is 14.3. The van der Waals surface area contributed by atoms with Gasteiger partial charge in [0.15, 0.2) is 5.11 Å². The maximum atomic E-state index is 11.3. The molecule has 1 aromatic rings. The molecule has 0 aromatic carbocycles. The normalized spacial score (nSPS) is 10.8. The second-order valence-corrected chi connectivity index (χ2v) is 3.46. The first-order valence-electron chi connectivity index (χ1n) is 4.56. The summed E-state index contributed by atoms with van der Waals surface area (Å²) >= 11 is 4.77. The van der Waals surface area contributed by atoms with Gasteiger partial charge in [0, 0.05) is 6.20 Å². The number of thiocarbonyl (C=S) groups is 1. The Balaban J connectivity index is 2.71. The number of aromatic amines is 2. The third kappa shape index (κ3) is 3.83. The number of carboxylic acid groups (broad SMARTS) is 1. The fraction of sp³-hybridized carbons (Fsp3) is 0.125. The molecule has 1 rings (SSSR count). The average Bonchev–Trinajstić information content (AvgIpc) is 2.29. The maximum absolute atomic E-state index is 11.3. The van der Waals surface area contributed by atoms with E-state index in [2.05, 4.69) is 20.8 Å². The average molecular weight is 271 g/mol. The topological polar surface area (TPSA) is 139 Å². The van der Waals surface area contributed by atoms with Crippen LogP contribution in [0.4, 0.5) is 5.69 Å². The molecular formula is C8H9N5O4S. The number of carbonyl (C=O) groups is 1. The molecule has 1 aromatic heterocycles. The number of rotatable bonds is 3. The van der Waals surface area contributed by atoms with E-state index in [1.807, 2.05) is 4.98 Å². The Morgan fingerprint density at radius 2 is 2.17 bits per heavy atom. The summed E-state index contributed by atoms with van der Waals surface area (Å²) in [6, 6.07) is 0. The van der Waals surface area contributed by atoms with Crippen LogP contribution in [-0.2, 0) is 4.79 Å². The van der Waals surface area contributed by atoms with Gasteiger partial charge >= 0.3 is 11.7 Å². The number of carboxylic acids is 1. The molecule has 0 unspecified atom stereocenters. The summed E-state index contributed by atoms with van der Waals surface area (Å²) in [7, 11) is 0. The largest absolute Gasteiger partial charge is 0.477 e. The number of hydrogen-bond acceptors (Lipinski definition) is 5. The smallest absolute Gasteiger partial charge is 0.351 e. The van der Waals surface area contributed by atoms with Crippen molar-refractivity contribution in [2.75, 3.05) is 5.32 Å². The molecular weight excluding hydrogens is 262 g/mol. The number of H-pyrrole nitrogens is 2. The SMILES string of the molecule is CC(=NNC(=S)Nc1c[nH]c(=O)[nH]c1=O)C(=O)O. The maximum Gasteiger partial charge on any atom is 0.351 e. The summed E-state index contributed by atoms with van der Waals surface area (Å²) in [5.41, 5.74) is 0.719. The van der Waals surface area contributed by atoms with Crippen LogP contribution in [0, 0.1) is 0 Å². The summed E-state index contributed by atoms with van der Waals surface area (Å²) in [6.45, 7) is 1.27. The molecule has 0 radical (unpaired) electrons. The zero-order valence-corrected chi connectivity index (χ0v) is 9.92. The van der Waals surface area contributed by atoms with Crippen LogP contribution in [0.25, 0.3) is 0 Å². The molecule has 0 atom stereocenters. The first kappa shape index (κ1) is 13.6. The molecule has 0 aliphatic carbocycles. The van der Waals surface area contributed by atoms with E-state index < -0.39 is 17.2 Å². The molecule has 0 saturated heterocycles. The minimum Gasteiger partial charge on any atom is -0.477 e. The van der Waals surface area contributed by atoms with Crippen LogP contribution >= 0.6 is 12.2 Å². The van der Waals surface area contributed by atoms with Gasteiger partial charge in [0.05, 0.1) is 0 Å². The molecule has 5 N–H and O–H groups in total. The number of nitrogens with one attached hydrogen (secondary N) is 4. The van der Waals surface area contributed by atoms with E-state index in [9.17, 15) is 14.4 Å². The summed E-state index contributed by atoms with van der Waals surface area (Å²) in [5.74, 6) is -1.20. The van der Waals surface area contributed by atoms with Gasteiger partial charge in [-0.25, -0.2) is 9.59 Å². The second kappa shape index (κ2) is 5.72. The van der Waals surface area contributed by atoms with Gasteiger partial charge in [-0.2, -0.15) is 5.10 Å². The molecule has 18 heavy (non-hydrogen) atoms. The van der Waals surface area contributed by atoms with Crippen LogP contribution in [0.3, 0.4) is 0 Å². The zero-order valence-electron chi connectivity index (χ0n) is 9.10. The van der Waals surface area contributed by atoms with Crippen molar-refractivity contribution in [3.05, 3.63) is 27.0 Å².